The third-order valence-electron chi connectivity index (χ3n) is 1.12. The lowest BCUT2D eigenvalue weighted by atomic mass is 10.3. The predicted molar refractivity (Wildman–Crippen MR) is 36.9 cm³/mol. The van der Waals surface area contributed by atoms with Crippen LogP contribution in [0.15, 0.2) is 0 Å². The molecule has 0 unspecified atom stereocenters. The highest BCUT2D eigenvalue weighted by molar-refractivity contribution is 7.67. The van der Waals surface area contributed by atoms with Crippen molar-refractivity contribution in [3.63, 3.8) is 0 Å². The van der Waals surface area contributed by atoms with Gasteiger partial charge in [0.15, 0.2) is 0 Å². The van der Waals surface area contributed by atoms with Crippen LogP contribution in [0.4, 0.5) is 26.3 Å². The molecular weight excluding hydrogens is 294 g/mol. The maximum atomic E-state index is 12.0. The summed E-state index contributed by atoms with van der Waals surface area (Å²) in [7, 11) is -4.54. The summed E-state index contributed by atoms with van der Waals surface area (Å²) in [6, 6.07) is 0. The van der Waals surface area contributed by atoms with Gasteiger partial charge in [-0.05, 0) is 0 Å². The van der Waals surface area contributed by atoms with Gasteiger partial charge in [-0.3, -0.25) is 0 Å². The minimum absolute atomic E-state index is 2.05. The second-order valence-corrected chi connectivity index (χ2v) is 3.05. The van der Waals surface area contributed by atoms with E-state index < -0.39 is 41.1 Å². The highest BCUT2D eigenvalue weighted by Gasteiger charge is 2.76. The maximum absolute atomic E-state index is 12.0. The molecular formula is C3H2F6O5S2. The zero-order valence-electron chi connectivity index (χ0n) is 6.70. The summed E-state index contributed by atoms with van der Waals surface area (Å²) >= 11 is -2.05. The number of rotatable bonds is 4. The van der Waals surface area contributed by atoms with Gasteiger partial charge in [-0.25, -0.2) is 21.0 Å². The Hall–Kier alpha value is -0.400. The number of hydrogen-bond acceptors (Lipinski definition) is 5. The SMILES string of the molecule is O=[SH]OC(O[SH](=O)=O)(C(F)(F)F)C(F)(F)F. The van der Waals surface area contributed by atoms with Crippen LogP contribution in [0.1, 0.15) is 0 Å². The van der Waals surface area contributed by atoms with Crippen LogP contribution >= 0.6 is 0 Å². The zero-order valence-corrected chi connectivity index (χ0v) is 8.49. The Labute approximate surface area is 89.2 Å². The van der Waals surface area contributed by atoms with Gasteiger partial charge < -0.3 is 0 Å². The summed E-state index contributed by atoms with van der Waals surface area (Å²) in [6.07, 6.45) is -12.6. The van der Waals surface area contributed by atoms with Gasteiger partial charge in [0.25, 0.3) is 11.0 Å². The van der Waals surface area contributed by atoms with Crippen LogP contribution in [0.3, 0.4) is 0 Å². The molecule has 0 radical (unpaired) electrons. The van der Waals surface area contributed by atoms with Crippen molar-refractivity contribution in [1.82, 2.24) is 0 Å². The quantitative estimate of drug-likeness (QED) is 0.441. The van der Waals surface area contributed by atoms with Gasteiger partial charge in [-0.2, -0.15) is 26.3 Å². The molecule has 0 atom stereocenters. The fraction of sp³-hybridized carbons (Fsp3) is 1.00. The van der Waals surface area contributed by atoms with Crippen molar-refractivity contribution in [2.75, 3.05) is 0 Å². The van der Waals surface area contributed by atoms with Crippen LogP contribution in [0.2, 0.25) is 0 Å². The van der Waals surface area contributed by atoms with E-state index in [0.29, 0.717) is 0 Å². The predicted octanol–water partition coefficient (Wildman–Crippen LogP) is 0.227. The average molecular weight is 296 g/mol. The second-order valence-electron chi connectivity index (χ2n) is 2.09. The van der Waals surface area contributed by atoms with E-state index in [4.69, 9.17) is 0 Å². The third-order valence-corrected chi connectivity index (χ3v) is 1.85. The number of thiol groups is 2. The summed E-state index contributed by atoms with van der Waals surface area (Å²) in [4.78, 5) is 0. The Balaban J connectivity index is 5.67. The molecule has 0 spiro atoms. The second kappa shape index (κ2) is 4.85. The topological polar surface area (TPSA) is 69.7 Å². The fourth-order valence-electron chi connectivity index (χ4n) is 0.542. The molecule has 0 aliphatic carbocycles. The van der Waals surface area contributed by atoms with E-state index in [-0.39, 0.29) is 0 Å². The summed E-state index contributed by atoms with van der Waals surface area (Å²) in [6.45, 7) is 0. The highest BCUT2D eigenvalue weighted by Crippen LogP contribution is 2.46. The molecule has 0 fully saturated rings. The summed E-state index contributed by atoms with van der Waals surface area (Å²) in [5.74, 6) is -5.47. The Morgan fingerprint density at radius 3 is 1.50 bits per heavy atom. The Kier molecular flexibility index (Phi) is 4.73. The first-order valence-corrected chi connectivity index (χ1v) is 4.78. The van der Waals surface area contributed by atoms with E-state index in [9.17, 15) is 39.0 Å². The molecule has 0 aromatic carbocycles. The Morgan fingerprint density at radius 1 is 0.938 bits per heavy atom. The van der Waals surface area contributed by atoms with E-state index in [1.165, 1.54) is 0 Å². The molecule has 0 bridgehead atoms. The van der Waals surface area contributed by atoms with Crippen LogP contribution in [0.5, 0.6) is 0 Å². The molecule has 16 heavy (non-hydrogen) atoms. The molecule has 0 N–H and O–H groups in total. The molecule has 0 amide bonds. The van der Waals surface area contributed by atoms with Crippen LogP contribution < -0.4 is 0 Å². The average Bonchev–Trinajstić information content (AvgIpc) is 1.98. The van der Waals surface area contributed by atoms with Crippen molar-refractivity contribution in [3.8, 4) is 0 Å². The van der Waals surface area contributed by atoms with Crippen molar-refractivity contribution in [2.45, 2.75) is 18.1 Å². The molecule has 0 heterocycles. The van der Waals surface area contributed by atoms with Crippen molar-refractivity contribution >= 4 is 22.9 Å². The van der Waals surface area contributed by atoms with E-state index >= 15 is 0 Å². The van der Waals surface area contributed by atoms with Crippen LogP contribution in [-0.4, -0.2) is 30.8 Å². The lowest BCUT2D eigenvalue weighted by molar-refractivity contribution is -0.418. The molecule has 0 saturated carbocycles. The standard InChI is InChI=1S/C3H2F6O5S2/c4-2(5,6)1(13-15-10,3(7,8)9)14-16(11)12/h15-16H. The normalized spacial score (nSPS) is 14.4. The van der Waals surface area contributed by atoms with Crippen molar-refractivity contribution < 1.29 is 47.3 Å². The molecule has 13 heteroatoms. The number of hydrogen-bond donors (Lipinski definition) is 2. The Morgan fingerprint density at radius 2 is 1.31 bits per heavy atom. The lowest BCUT2D eigenvalue weighted by Gasteiger charge is -2.31. The van der Waals surface area contributed by atoms with Crippen LogP contribution in [0.25, 0.3) is 0 Å². The summed E-state index contributed by atoms with van der Waals surface area (Å²) in [5, 5.41) is 0. The molecule has 0 aromatic heterocycles. The van der Waals surface area contributed by atoms with Gasteiger partial charge in [0.2, 0.25) is 0 Å². The van der Waals surface area contributed by atoms with Crippen molar-refractivity contribution in [2.24, 2.45) is 0 Å². The van der Waals surface area contributed by atoms with E-state index in [2.05, 4.69) is 8.37 Å². The third kappa shape index (κ3) is 3.05. The summed E-state index contributed by atoms with van der Waals surface area (Å²) < 4.78 is 107. The molecule has 0 rings (SSSR count). The van der Waals surface area contributed by atoms with Gasteiger partial charge in [0, 0.05) is 0 Å². The van der Waals surface area contributed by atoms with E-state index in [0.717, 1.165) is 0 Å². The van der Waals surface area contributed by atoms with Gasteiger partial charge in [0.1, 0.15) is 11.9 Å². The fourth-order valence-corrected chi connectivity index (χ4v) is 1.40. The molecule has 0 aromatic rings. The molecule has 5 nitrogen and oxygen atoms in total. The van der Waals surface area contributed by atoms with Gasteiger partial charge in [-0.15, -0.1) is 0 Å². The minimum Gasteiger partial charge on any atom is -0.239 e. The first-order valence-electron chi connectivity index (χ1n) is 2.96. The Bertz CT molecular complexity index is 308. The monoisotopic (exact) mass is 296 g/mol. The van der Waals surface area contributed by atoms with Crippen molar-refractivity contribution in [1.29, 1.82) is 0 Å². The summed E-state index contributed by atoms with van der Waals surface area (Å²) in [5.41, 5.74) is 0. The molecule has 0 aliphatic rings. The molecule has 0 saturated heterocycles. The van der Waals surface area contributed by atoms with Crippen molar-refractivity contribution in [3.05, 3.63) is 0 Å². The minimum atomic E-state index is -6.28. The van der Waals surface area contributed by atoms with Gasteiger partial charge in [0.05, 0.1) is 0 Å². The lowest BCUT2D eigenvalue weighted by Crippen LogP contribution is -2.59. The van der Waals surface area contributed by atoms with Crippen LogP contribution in [-0.2, 0) is 31.3 Å². The highest BCUT2D eigenvalue weighted by atomic mass is 32.2. The van der Waals surface area contributed by atoms with Crippen LogP contribution in [0, 0.1) is 0 Å². The van der Waals surface area contributed by atoms with Gasteiger partial charge in [-0.1, -0.05) is 0 Å². The van der Waals surface area contributed by atoms with E-state index in [1.807, 2.05) is 0 Å². The largest absolute Gasteiger partial charge is 0.455 e. The zero-order chi connectivity index (χ0) is 13.2. The first kappa shape index (κ1) is 15.6. The van der Waals surface area contributed by atoms with E-state index in [1.54, 1.807) is 0 Å². The molecule has 0 aliphatic heterocycles. The number of alkyl halides is 6. The smallest absolute Gasteiger partial charge is 0.239 e. The molecule has 98 valence electrons. The number of halogens is 6. The maximum Gasteiger partial charge on any atom is 0.455 e. The van der Waals surface area contributed by atoms with Gasteiger partial charge >= 0.3 is 18.1 Å². The first-order chi connectivity index (χ1) is 6.98.